The Morgan fingerprint density at radius 1 is 1.43 bits per heavy atom. The van der Waals surface area contributed by atoms with Gasteiger partial charge < -0.3 is 4.74 Å². The molecule has 0 fully saturated rings. The first kappa shape index (κ1) is 16.0. The van der Waals surface area contributed by atoms with Crippen LogP contribution in [-0.2, 0) is 17.8 Å². The number of hydrogen-bond acceptors (Lipinski definition) is 6. The number of aryl methyl sites for hydroxylation is 1. The molecule has 1 N–H and O–H groups in total. The fourth-order valence-corrected chi connectivity index (χ4v) is 3.24. The average Bonchev–Trinajstić information content (AvgIpc) is 3.11. The van der Waals surface area contributed by atoms with Crippen LogP contribution >= 0.6 is 27.3 Å². The molecule has 0 saturated carbocycles. The number of ether oxygens (including phenoxy) is 1. The number of nitrogens with zero attached hydrogens (tertiary/aromatic N) is 4. The van der Waals surface area contributed by atoms with Gasteiger partial charge in [0.25, 0.3) is 5.91 Å². The number of pyridine rings is 1. The molecule has 0 saturated heterocycles. The predicted octanol–water partition coefficient (Wildman–Crippen LogP) is 2.91. The Hall–Kier alpha value is -1.84. The van der Waals surface area contributed by atoms with Crippen molar-refractivity contribution >= 4 is 44.0 Å². The summed E-state index contributed by atoms with van der Waals surface area (Å²) < 4.78 is 7.65. The normalized spacial score (nSPS) is 11.1. The lowest BCUT2D eigenvalue weighted by atomic mass is 10.2. The van der Waals surface area contributed by atoms with Crippen LogP contribution < -0.4 is 5.32 Å². The van der Waals surface area contributed by atoms with Gasteiger partial charge in [-0.1, -0.05) is 18.3 Å². The Morgan fingerprint density at radius 3 is 3.00 bits per heavy atom. The van der Waals surface area contributed by atoms with Crippen LogP contribution in [0.25, 0.3) is 5.65 Å². The number of carbonyl (C=O) groups is 1. The third kappa shape index (κ3) is 3.26. The minimum Gasteiger partial charge on any atom is -0.377 e. The Bertz CT molecular complexity index is 860. The van der Waals surface area contributed by atoms with Crippen molar-refractivity contribution in [1.29, 1.82) is 0 Å². The van der Waals surface area contributed by atoms with Crippen molar-refractivity contribution in [3.05, 3.63) is 39.2 Å². The maximum Gasteiger partial charge on any atom is 0.276 e. The fourth-order valence-electron chi connectivity index (χ4n) is 2.20. The third-order valence-corrected chi connectivity index (χ3v) is 4.44. The van der Waals surface area contributed by atoms with Crippen molar-refractivity contribution in [2.75, 3.05) is 12.4 Å². The quantitative estimate of drug-likeness (QED) is 0.717. The first-order chi connectivity index (χ1) is 11.1. The molecule has 0 unspecified atom stereocenters. The highest BCUT2D eigenvalue weighted by molar-refractivity contribution is 9.10. The molecule has 0 atom stereocenters. The summed E-state index contributed by atoms with van der Waals surface area (Å²) in [5.74, 6) is -0.257. The number of halogens is 1. The molecule has 0 radical (unpaired) electrons. The van der Waals surface area contributed by atoms with Crippen LogP contribution in [0, 0.1) is 0 Å². The average molecular weight is 396 g/mol. The number of carbonyl (C=O) groups excluding carboxylic acids is 1. The topological polar surface area (TPSA) is 81.4 Å². The number of methoxy groups -OCH3 is 1. The maximum atomic E-state index is 12.7. The molecule has 120 valence electrons. The van der Waals surface area contributed by atoms with Crippen LogP contribution in [0.5, 0.6) is 0 Å². The van der Waals surface area contributed by atoms with E-state index < -0.39 is 0 Å². The first-order valence-electron chi connectivity index (χ1n) is 6.91. The minimum atomic E-state index is -0.257. The Balaban J connectivity index is 1.94. The Morgan fingerprint density at radius 2 is 2.26 bits per heavy atom. The first-order valence-corrected chi connectivity index (χ1v) is 8.52. The zero-order valence-corrected chi connectivity index (χ0v) is 14.9. The van der Waals surface area contributed by atoms with Crippen LogP contribution in [0.4, 0.5) is 5.13 Å². The molecular formula is C14H14BrN5O2S. The highest BCUT2D eigenvalue weighted by Crippen LogP contribution is 2.21. The Labute approximate surface area is 144 Å². The summed E-state index contributed by atoms with van der Waals surface area (Å²) in [7, 11) is 1.59. The fraction of sp³-hybridized carbons (Fsp3) is 0.286. The van der Waals surface area contributed by atoms with E-state index in [2.05, 4.69) is 36.4 Å². The van der Waals surface area contributed by atoms with E-state index in [0.29, 0.717) is 28.9 Å². The second kappa shape index (κ2) is 6.73. The SMILES string of the molecule is CCc1nc2ccc(Br)cn2c1C(=O)Nc1nnc(COC)s1. The molecule has 3 aromatic heterocycles. The molecule has 0 spiro atoms. The van der Waals surface area contributed by atoms with Gasteiger partial charge in [-0.2, -0.15) is 0 Å². The van der Waals surface area contributed by atoms with Gasteiger partial charge in [-0.3, -0.25) is 14.5 Å². The summed E-state index contributed by atoms with van der Waals surface area (Å²) in [4.78, 5) is 17.2. The highest BCUT2D eigenvalue weighted by atomic mass is 79.9. The van der Waals surface area contributed by atoms with E-state index in [1.54, 1.807) is 11.5 Å². The lowest BCUT2D eigenvalue weighted by Crippen LogP contribution is -2.16. The van der Waals surface area contributed by atoms with Crippen molar-refractivity contribution in [2.24, 2.45) is 0 Å². The van der Waals surface area contributed by atoms with Crippen molar-refractivity contribution in [2.45, 2.75) is 20.0 Å². The van der Waals surface area contributed by atoms with Gasteiger partial charge >= 0.3 is 0 Å². The summed E-state index contributed by atoms with van der Waals surface area (Å²) in [6, 6.07) is 3.76. The van der Waals surface area contributed by atoms with Crippen LogP contribution in [-0.4, -0.2) is 32.6 Å². The monoisotopic (exact) mass is 395 g/mol. The van der Waals surface area contributed by atoms with Crippen LogP contribution in [0.2, 0.25) is 0 Å². The molecule has 0 aliphatic heterocycles. The second-order valence-corrected chi connectivity index (χ2v) is 6.70. The van der Waals surface area contributed by atoms with Gasteiger partial charge in [0.05, 0.1) is 5.69 Å². The van der Waals surface area contributed by atoms with Gasteiger partial charge in [0.15, 0.2) is 0 Å². The minimum absolute atomic E-state index is 0.257. The van der Waals surface area contributed by atoms with Gasteiger partial charge in [-0.25, -0.2) is 4.98 Å². The van der Waals surface area contributed by atoms with Crippen molar-refractivity contribution < 1.29 is 9.53 Å². The molecule has 3 aromatic rings. The molecular weight excluding hydrogens is 382 g/mol. The number of fused-ring (bicyclic) bond motifs is 1. The number of hydrogen-bond donors (Lipinski definition) is 1. The van der Waals surface area contributed by atoms with Crippen LogP contribution in [0.1, 0.15) is 28.1 Å². The standard InChI is InChI=1S/C14H14BrN5O2S/c1-3-9-12(20-6-8(15)4-5-10(20)16-9)13(21)17-14-19-18-11(23-14)7-22-2/h4-6H,3,7H2,1-2H3,(H,17,19,21). The zero-order valence-electron chi connectivity index (χ0n) is 12.5. The van der Waals surface area contributed by atoms with Gasteiger partial charge in [0.1, 0.15) is 23.0 Å². The van der Waals surface area contributed by atoms with E-state index in [9.17, 15) is 4.79 Å². The summed E-state index contributed by atoms with van der Waals surface area (Å²) >= 11 is 4.71. The van der Waals surface area contributed by atoms with E-state index in [4.69, 9.17) is 4.74 Å². The highest BCUT2D eigenvalue weighted by Gasteiger charge is 2.19. The summed E-state index contributed by atoms with van der Waals surface area (Å²) in [5.41, 5.74) is 1.97. The Kier molecular flexibility index (Phi) is 4.69. The number of anilines is 1. The molecule has 3 heterocycles. The second-order valence-electron chi connectivity index (χ2n) is 4.72. The van der Waals surface area contributed by atoms with Gasteiger partial charge in [-0.05, 0) is 34.5 Å². The lowest BCUT2D eigenvalue weighted by Gasteiger charge is -2.04. The number of nitrogens with one attached hydrogen (secondary N) is 1. The molecule has 0 aromatic carbocycles. The zero-order chi connectivity index (χ0) is 16.4. The van der Waals surface area contributed by atoms with Gasteiger partial charge in [0.2, 0.25) is 5.13 Å². The third-order valence-electron chi connectivity index (χ3n) is 3.16. The summed E-state index contributed by atoms with van der Waals surface area (Å²) in [5, 5.41) is 11.8. The molecule has 23 heavy (non-hydrogen) atoms. The van der Waals surface area contributed by atoms with E-state index >= 15 is 0 Å². The molecule has 0 aliphatic carbocycles. The predicted molar refractivity (Wildman–Crippen MR) is 90.8 cm³/mol. The summed E-state index contributed by atoms with van der Waals surface area (Å²) in [6.45, 7) is 2.34. The van der Waals surface area contributed by atoms with Crippen molar-refractivity contribution in [3.8, 4) is 0 Å². The molecule has 1 amide bonds. The van der Waals surface area contributed by atoms with E-state index in [-0.39, 0.29) is 5.91 Å². The van der Waals surface area contributed by atoms with Crippen LogP contribution in [0.3, 0.4) is 0 Å². The van der Waals surface area contributed by atoms with Crippen LogP contribution in [0.15, 0.2) is 22.8 Å². The number of aromatic nitrogens is 4. The molecule has 0 bridgehead atoms. The lowest BCUT2D eigenvalue weighted by molar-refractivity contribution is 0.102. The van der Waals surface area contributed by atoms with E-state index in [1.807, 2.05) is 25.3 Å². The van der Waals surface area contributed by atoms with Gasteiger partial charge in [-0.15, -0.1) is 10.2 Å². The molecule has 7 nitrogen and oxygen atoms in total. The largest absolute Gasteiger partial charge is 0.377 e. The molecule has 0 aliphatic rings. The van der Waals surface area contributed by atoms with E-state index in [1.165, 1.54) is 11.3 Å². The number of imidazole rings is 1. The number of amides is 1. The smallest absolute Gasteiger partial charge is 0.276 e. The van der Waals surface area contributed by atoms with Gasteiger partial charge in [0, 0.05) is 17.8 Å². The number of rotatable bonds is 5. The molecule has 9 heteroatoms. The maximum absolute atomic E-state index is 12.7. The summed E-state index contributed by atoms with van der Waals surface area (Å²) in [6.07, 6.45) is 2.49. The van der Waals surface area contributed by atoms with Crippen molar-refractivity contribution in [1.82, 2.24) is 19.6 Å². The van der Waals surface area contributed by atoms with E-state index in [0.717, 1.165) is 15.8 Å². The molecule has 3 rings (SSSR count). The van der Waals surface area contributed by atoms with Crippen molar-refractivity contribution in [3.63, 3.8) is 0 Å².